The number of benzene rings is 2. The Kier molecular flexibility index (Phi) is 8.10. The lowest BCUT2D eigenvalue weighted by Crippen LogP contribution is -2.55. The third-order valence-corrected chi connectivity index (χ3v) is 14.1. The van der Waals surface area contributed by atoms with Crippen LogP contribution in [0.15, 0.2) is 70.0 Å². The van der Waals surface area contributed by atoms with Gasteiger partial charge in [0.1, 0.15) is 5.78 Å². The molecule has 2 aromatic carbocycles. The van der Waals surface area contributed by atoms with Gasteiger partial charge in [-0.25, -0.2) is 17.9 Å². The third-order valence-electron chi connectivity index (χ3n) is 11.4. The van der Waals surface area contributed by atoms with E-state index in [1.54, 1.807) is 31.2 Å². The highest BCUT2D eigenvalue weighted by atomic mass is 32.2. The predicted octanol–water partition coefficient (Wildman–Crippen LogP) is 7.31. The van der Waals surface area contributed by atoms with Gasteiger partial charge in [-0.1, -0.05) is 37.1 Å². The van der Waals surface area contributed by atoms with E-state index in [1.807, 2.05) is 36.9 Å². The number of allylic oxidation sites excluding steroid dienone is 1. The van der Waals surface area contributed by atoms with Crippen LogP contribution >= 0.6 is 11.8 Å². The molecule has 2 aromatic rings. The van der Waals surface area contributed by atoms with E-state index in [1.165, 1.54) is 17.7 Å². The van der Waals surface area contributed by atoms with Crippen molar-refractivity contribution in [1.29, 1.82) is 0 Å². The Balaban J connectivity index is 1.20. The maximum Gasteiger partial charge on any atom is 0.333 e. The summed E-state index contributed by atoms with van der Waals surface area (Å²) in [6, 6.07) is 13.0. The summed E-state index contributed by atoms with van der Waals surface area (Å²) < 4.78 is 27.3. The second-order valence-corrected chi connectivity index (χ2v) is 16.9. The number of hydrogen-bond donors (Lipinski definition) is 2. The van der Waals surface area contributed by atoms with Gasteiger partial charge in [0.25, 0.3) is 10.0 Å². The third kappa shape index (κ3) is 5.55. The van der Waals surface area contributed by atoms with E-state index in [9.17, 15) is 22.8 Å². The van der Waals surface area contributed by atoms with Crippen molar-refractivity contribution in [1.82, 2.24) is 4.72 Å². The summed E-state index contributed by atoms with van der Waals surface area (Å²) >= 11 is 1.84. The van der Waals surface area contributed by atoms with E-state index in [2.05, 4.69) is 23.9 Å². The fraction of sp³-hybridized carbons (Fsp3) is 0.514. The molecule has 44 heavy (non-hydrogen) atoms. The van der Waals surface area contributed by atoms with Crippen molar-refractivity contribution in [2.45, 2.75) is 87.7 Å². The van der Waals surface area contributed by atoms with Crippen LogP contribution in [0.1, 0.15) is 71.3 Å². The Morgan fingerprint density at radius 1 is 0.932 bits per heavy atom. The van der Waals surface area contributed by atoms with Crippen molar-refractivity contribution >= 4 is 45.1 Å². The van der Waals surface area contributed by atoms with Gasteiger partial charge >= 0.3 is 6.03 Å². The second-order valence-electron chi connectivity index (χ2n) is 13.9. The molecule has 0 spiro atoms. The molecular formula is C35H42N2O5S2. The van der Waals surface area contributed by atoms with Crippen molar-refractivity contribution in [3.63, 3.8) is 0 Å². The zero-order valence-electron chi connectivity index (χ0n) is 25.9. The molecule has 2 amide bonds. The molecule has 4 aliphatic carbocycles. The minimum atomic E-state index is -3.99. The normalized spacial score (nSPS) is 33.0. The minimum absolute atomic E-state index is 0.0218. The van der Waals surface area contributed by atoms with Crippen LogP contribution in [0.3, 0.4) is 0 Å². The fourth-order valence-corrected chi connectivity index (χ4v) is 11.5. The van der Waals surface area contributed by atoms with Gasteiger partial charge in [-0.2, -0.15) is 0 Å². The summed E-state index contributed by atoms with van der Waals surface area (Å²) in [5, 5.41) is 2.92. The Bertz CT molecular complexity index is 1620. The number of urea groups is 1. The van der Waals surface area contributed by atoms with Gasteiger partial charge in [0.2, 0.25) is 0 Å². The maximum absolute atomic E-state index is 12.7. The predicted molar refractivity (Wildman–Crippen MR) is 173 cm³/mol. The van der Waals surface area contributed by atoms with E-state index in [0.717, 1.165) is 49.0 Å². The molecule has 3 saturated carbocycles. The number of hydrogen-bond acceptors (Lipinski definition) is 6. The summed E-state index contributed by atoms with van der Waals surface area (Å²) in [4.78, 5) is 38.9. The minimum Gasteiger partial charge on any atom is -0.307 e. The summed E-state index contributed by atoms with van der Waals surface area (Å²) in [5.74, 6) is 2.09. The molecular weight excluding hydrogens is 593 g/mol. The molecule has 234 valence electrons. The van der Waals surface area contributed by atoms with Gasteiger partial charge in [0.05, 0.1) is 4.90 Å². The Morgan fingerprint density at radius 3 is 2.32 bits per heavy atom. The number of aryl methyl sites for hydroxylation is 1. The highest BCUT2D eigenvalue weighted by Gasteiger charge is 2.62. The maximum atomic E-state index is 12.7. The van der Waals surface area contributed by atoms with Crippen LogP contribution in [0, 0.1) is 41.4 Å². The number of rotatable bonds is 6. The number of anilines is 1. The zero-order chi connectivity index (χ0) is 31.4. The van der Waals surface area contributed by atoms with Crippen molar-refractivity contribution in [3.8, 4) is 0 Å². The van der Waals surface area contributed by atoms with Crippen LogP contribution in [-0.2, 0) is 19.6 Å². The number of sulfonamides is 1. The van der Waals surface area contributed by atoms with Crippen molar-refractivity contribution in [2.75, 3.05) is 5.32 Å². The SMILES string of the molecule is CC(=O)[C@H]1CCC2C3C(CC[C@@]21C)[C@@]1(C)CCC(=O)C=C1C[C@H]3Sc1ccc(NC(=O)NS(=O)(=O)c2ccc(C)cc2)cc1. The number of carbonyl (C=O) groups is 3. The largest absolute Gasteiger partial charge is 0.333 e. The Hall–Kier alpha value is -2.91. The number of thioether (sulfide) groups is 1. The smallest absolute Gasteiger partial charge is 0.307 e. The summed E-state index contributed by atoms with van der Waals surface area (Å²) in [6.45, 7) is 8.37. The van der Waals surface area contributed by atoms with Gasteiger partial charge in [0, 0.05) is 28.2 Å². The molecule has 0 aromatic heterocycles. The summed E-state index contributed by atoms with van der Waals surface area (Å²) in [7, 11) is -3.99. The van der Waals surface area contributed by atoms with Crippen LogP contribution in [0.5, 0.6) is 0 Å². The standard InChI is InChI=1S/C35H42N2O5S2/c1-21-5-11-27(12-6-21)44(41,42)37-33(40)36-24-7-9-26(10-8-24)43-31-20-23-19-25(39)15-17-34(23,3)30-16-18-35(4)28(22(2)38)13-14-29(35)32(30)31/h5-12,19,28-32H,13-18,20H2,1-4H3,(H2,36,37,40)/t28-,29?,30?,31-,32?,34+,35-/m1/s1. The van der Waals surface area contributed by atoms with E-state index >= 15 is 0 Å². The first-order valence-electron chi connectivity index (χ1n) is 15.7. The molecule has 6 rings (SSSR count). The molecule has 0 aliphatic heterocycles. The number of carbonyl (C=O) groups excluding carboxylic acids is 3. The number of Topliss-reactive ketones (excluding diaryl/α,β-unsaturated/α-hetero) is 1. The van der Waals surface area contributed by atoms with Gasteiger partial charge in [0.15, 0.2) is 5.78 Å². The zero-order valence-corrected chi connectivity index (χ0v) is 27.5. The lowest BCUT2D eigenvalue weighted by molar-refractivity contribution is -0.128. The van der Waals surface area contributed by atoms with Crippen LogP contribution in [-0.4, -0.2) is 31.3 Å². The molecule has 2 N–H and O–H groups in total. The van der Waals surface area contributed by atoms with Gasteiger partial charge < -0.3 is 5.32 Å². The monoisotopic (exact) mass is 634 g/mol. The number of amides is 2. The van der Waals surface area contributed by atoms with Gasteiger partial charge in [-0.05, 0) is 123 Å². The molecule has 4 aliphatic rings. The van der Waals surface area contributed by atoms with Crippen molar-refractivity contribution in [2.24, 2.45) is 34.5 Å². The first kappa shape index (κ1) is 31.1. The molecule has 0 bridgehead atoms. The highest BCUT2D eigenvalue weighted by Crippen LogP contribution is 2.68. The van der Waals surface area contributed by atoms with E-state index in [4.69, 9.17) is 0 Å². The number of fused-ring (bicyclic) bond motifs is 5. The van der Waals surface area contributed by atoms with Crippen molar-refractivity contribution in [3.05, 3.63) is 65.7 Å². The molecule has 7 atom stereocenters. The topological polar surface area (TPSA) is 109 Å². The highest BCUT2D eigenvalue weighted by molar-refractivity contribution is 8.00. The van der Waals surface area contributed by atoms with Crippen LogP contribution in [0.4, 0.5) is 10.5 Å². The average Bonchev–Trinajstić information content (AvgIpc) is 3.32. The average molecular weight is 635 g/mol. The van der Waals surface area contributed by atoms with Crippen molar-refractivity contribution < 1.29 is 22.8 Å². The number of ketones is 2. The van der Waals surface area contributed by atoms with Gasteiger partial charge in [-0.15, -0.1) is 11.8 Å². The molecule has 0 saturated heterocycles. The van der Waals surface area contributed by atoms with Crippen LogP contribution < -0.4 is 10.0 Å². The lowest BCUT2D eigenvalue weighted by Gasteiger charge is -2.60. The molecule has 0 radical (unpaired) electrons. The fourth-order valence-electron chi connectivity index (χ4n) is 9.13. The Morgan fingerprint density at radius 2 is 1.64 bits per heavy atom. The lowest BCUT2D eigenvalue weighted by atomic mass is 9.46. The molecule has 9 heteroatoms. The van der Waals surface area contributed by atoms with Crippen LogP contribution in [0.25, 0.3) is 0 Å². The quantitative estimate of drug-likeness (QED) is 0.345. The van der Waals surface area contributed by atoms with E-state index in [0.29, 0.717) is 35.6 Å². The molecule has 3 unspecified atom stereocenters. The summed E-state index contributed by atoms with van der Waals surface area (Å²) in [5.41, 5.74) is 2.77. The van der Waals surface area contributed by atoms with E-state index in [-0.39, 0.29) is 32.7 Å². The van der Waals surface area contributed by atoms with E-state index < -0.39 is 16.1 Å². The number of nitrogens with one attached hydrogen (secondary N) is 2. The first-order valence-corrected chi connectivity index (χ1v) is 18.1. The first-order chi connectivity index (χ1) is 20.8. The summed E-state index contributed by atoms with van der Waals surface area (Å²) in [6.07, 6.45) is 8.54. The molecule has 3 fully saturated rings. The Labute approximate surface area is 265 Å². The van der Waals surface area contributed by atoms with Crippen LogP contribution in [0.2, 0.25) is 0 Å². The molecule has 7 nitrogen and oxygen atoms in total. The second kappa shape index (κ2) is 11.5. The molecule has 0 heterocycles. The van der Waals surface area contributed by atoms with Gasteiger partial charge in [-0.3, -0.25) is 9.59 Å².